The second-order valence-corrected chi connectivity index (χ2v) is 6.43. The molecule has 3 nitrogen and oxygen atoms in total. The molecule has 1 aromatic heterocycles. The van der Waals surface area contributed by atoms with Crippen LogP contribution in [0.15, 0.2) is 22.7 Å². The Morgan fingerprint density at radius 3 is 2.65 bits per heavy atom. The predicted molar refractivity (Wildman–Crippen MR) is 83.0 cm³/mol. The van der Waals surface area contributed by atoms with E-state index in [1.54, 1.807) is 12.1 Å². The fraction of sp³-hybridized carbons (Fsp3) is 0.286. The van der Waals surface area contributed by atoms with Gasteiger partial charge in [-0.2, -0.15) is 4.98 Å². The van der Waals surface area contributed by atoms with E-state index in [-0.39, 0.29) is 0 Å². The maximum atomic E-state index is 6.15. The Hall–Kier alpha value is -0.840. The molecule has 3 rings (SSSR count). The van der Waals surface area contributed by atoms with Crippen LogP contribution in [0.1, 0.15) is 30.1 Å². The van der Waals surface area contributed by atoms with Crippen molar-refractivity contribution in [1.29, 1.82) is 0 Å². The summed E-state index contributed by atoms with van der Waals surface area (Å²) in [6, 6.07) is 5.43. The van der Waals surface area contributed by atoms with Gasteiger partial charge in [-0.3, -0.25) is 0 Å². The van der Waals surface area contributed by atoms with Crippen LogP contribution in [0.2, 0.25) is 10.2 Å². The molecule has 104 valence electrons. The molecule has 1 saturated carbocycles. The number of rotatable bonds is 3. The number of aromatic nitrogens is 2. The molecule has 20 heavy (non-hydrogen) atoms. The highest BCUT2D eigenvalue weighted by molar-refractivity contribution is 9.10. The Labute approximate surface area is 135 Å². The summed E-state index contributed by atoms with van der Waals surface area (Å²) in [5, 5.41) is 0.951. The average Bonchev–Trinajstić information content (AvgIpc) is 3.22. The second kappa shape index (κ2) is 5.51. The van der Waals surface area contributed by atoms with Gasteiger partial charge in [0.05, 0.1) is 5.02 Å². The smallest absolute Gasteiger partial charge is 0.227 e. The summed E-state index contributed by atoms with van der Waals surface area (Å²) in [4.78, 5) is 8.77. The quantitative estimate of drug-likeness (QED) is 0.664. The number of hydrogen-bond acceptors (Lipinski definition) is 3. The van der Waals surface area contributed by atoms with Crippen LogP contribution in [0.5, 0.6) is 11.6 Å². The Kier molecular flexibility index (Phi) is 3.89. The first-order valence-electron chi connectivity index (χ1n) is 6.21. The molecule has 1 heterocycles. The zero-order valence-electron chi connectivity index (χ0n) is 10.7. The molecule has 0 bridgehead atoms. The normalized spacial score (nSPS) is 14.4. The number of hydrogen-bond donors (Lipinski definition) is 0. The van der Waals surface area contributed by atoms with E-state index in [4.69, 9.17) is 27.9 Å². The van der Waals surface area contributed by atoms with Crippen LogP contribution in [-0.2, 0) is 0 Å². The third kappa shape index (κ3) is 2.92. The number of ether oxygens (including phenoxy) is 1. The molecule has 0 amide bonds. The summed E-state index contributed by atoms with van der Waals surface area (Å²) in [5.41, 5.74) is 0.718. The molecule has 0 radical (unpaired) electrons. The largest absolute Gasteiger partial charge is 0.437 e. The highest BCUT2D eigenvalue weighted by Gasteiger charge is 2.28. The van der Waals surface area contributed by atoms with Gasteiger partial charge in [0, 0.05) is 16.0 Å². The summed E-state index contributed by atoms with van der Waals surface area (Å²) in [5.74, 6) is 2.19. The van der Waals surface area contributed by atoms with E-state index in [0.29, 0.717) is 27.7 Å². The van der Waals surface area contributed by atoms with Crippen molar-refractivity contribution < 1.29 is 4.74 Å². The summed E-state index contributed by atoms with van der Waals surface area (Å²) >= 11 is 15.7. The lowest BCUT2D eigenvalue weighted by Crippen LogP contribution is -2.00. The van der Waals surface area contributed by atoms with Crippen LogP contribution >= 0.6 is 39.1 Å². The van der Waals surface area contributed by atoms with Gasteiger partial charge in [0.15, 0.2) is 0 Å². The van der Waals surface area contributed by atoms with Gasteiger partial charge in [-0.15, -0.1) is 0 Å². The first kappa shape index (κ1) is 14.1. The topological polar surface area (TPSA) is 35.0 Å². The first-order chi connectivity index (χ1) is 9.54. The van der Waals surface area contributed by atoms with Crippen molar-refractivity contribution in [3.05, 3.63) is 44.2 Å². The van der Waals surface area contributed by atoms with Crippen molar-refractivity contribution in [2.75, 3.05) is 0 Å². The SMILES string of the molecule is Cc1c(Cl)nc(C2CC2)nc1Oc1ccc(Br)cc1Cl. The maximum Gasteiger partial charge on any atom is 0.227 e. The minimum absolute atomic E-state index is 0.413. The van der Waals surface area contributed by atoms with Gasteiger partial charge in [-0.25, -0.2) is 4.98 Å². The number of halogens is 3. The van der Waals surface area contributed by atoms with Gasteiger partial charge in [0.1, 0.15) is 16.7 Å². The molecule has 0 unspecified atom stereocenters. The number of nitrogens with zero attached hydrogens (tertiary/aromatic N) is 2. The molecule has 1 aromatic carbocycles. The summed E-state index contributed by atoms with van der Waals surface area (Å²) in [7, 11) is 0. The van der Waals surface area contributed by atoms with Gasteiger partial charge in [-0.05, 0) is 38.0 Å². The lowest BCUT2D eigenvalue weighted by molar-refractivity contribution is 0.454. The number of benzene rings is 1. The molecule has 6 heteroatoms. The fourth-order valence-corrected chi connectivity index (χ4v) is 2.65. The van der Waals surface area contributed by atoms with E-state index in [9.17, 15) is 0 Å². The third-order valence-corrected chi connectivity index (χ3v) is 4.26. The van der Waals surface area contributed by atoms with Crippen molar-refractivity contribution in [3.8, 4) is 11.6 Å². The van der Waals surface area contributed by atoms with E-state index in [1.807, 2.05) is 13.0 Å². The molecular formula is C14H11BrCl2N2O. The van der Waals surface area contributed by atoms with E-state index in [1.165, 1.54) is 0 Å². The Balaban J connectivity index is 1.97. The van der Waals surface area contributed by atoms with Crippen molar-refractivity contribution in [2.45, 2.75) is 25.7 Å². The Morgan fingerprint density at radius 1 is 1.25 bits per heavy atom. The molecule has 1 aliphatic carbocycles. The third-order valence-electron chi connectivity index (χ3n) is 3.10. The molecule has 1 fully saturated rings. The highest BCUT2D eigenvalue weighted by atomic mass is 79.9. The van der Waals surface area contributed by atoms with Gasteiger partial charge >= 0.3 is 0 Å². The molecule has 0 N–H and O–H groups in total. The minimum atomic E-state index is 0.413. The molecule has 0 atom stereocenters. The van der Waals surface area contributed by atoms with Gasteiger partial charge in [0.25, 0.3) is 0 Å². The molecule has 1 aliphatic rings. The van der Waals surface area contributed by atoms with Crippen molar-refractivity contribution in [1.82, 2.24) is 9.97 Å². The monoisotopic (exact) mass is 372 g/mol. The molecule has 0 spiro atoms. The van der Waals surface area contributed by atoms with Gasteiger partial charge < -0.3 is 4.74 Å². The van der Waals surface area contributed by atoms with Crippen LogP contribution in [0.4, 0.5) is 0 Å². The second-order valence-electron chi connectivity index (χ2n) is 4.75. The van der Waals surface area contributed by atoms with E-state index in [2.05, 4.69) is 25.9 Å². The zero-order valence-corrected chi connectivity index (χ0v) is 13.8. The lowest BCUT2D eigenvalue weighted by Gasteiger charge is -2.11. The predicted octanol–water partition coefficient (Wildman–Crippen LogP) is 5.52. The lowest BCUT2D eigenvalue weighted by atomic mass is 10.3. The Morgan fingerprint density at radius 2 is 2.00 bits per heavy atom. The first-order valence-corrected chi connectivity index (χ1v) is 7.76. The maximum absolute atomic E-state index is 6.15. The minimum Gasteiger partial charge on any atom is -0.437 e. The van der Waals surface area contributed by atoms with Crippen LogP contribution in [-0.4, -0.2) is 9.97 Å². The van der Waals surface area contributed by atoms with Crippen molar-refractivity contribution >= 4 is 39.1 Å². The van der Waals surface area contributed by atoms with E-state index < -0.39 is 0 Å². The van der Waals surface area contributed by atoms with Crippen molar-refractivity contribution in [3.63, 3.8) is 0 Å². The molecule has 0 saturated heterocycles. The van der Waals surface area contributed by atoms with Gasteiger partial charge in [-0.1, -0.05) is 39.1 Å². The van der Waals surface area contributed by atoms with E-state index >= 15 is 0 Å². The van der Waals surface area contributed by atoms with Gasteiger partial charge in [0.2, 0.25) is 5.88 Å². The summed E-state index contributed by atoms with van der Waals surface area (Å²) in [6.07, 6.45) is 2.22. The van der Waals surface area contributed by atoms with Crippen molar-refractivity contribution in [2.24, 2.45) is 0 Å². The van der Waals surface area contributed by atoms with Crippen LogP contribution < -0.4 is 4.74 Å². The highest BCUT2D eigenvalue weighted by Crippen LogP contribution is 2.41. The average molecular weight is 374 g/mol. The van der Waals surface area contributed by atoms with Crippen LogP contribution in [0.25, 0.3) is 0 Å². The summed E-state index contributed by atoms with van der Waals surface area (Å²) < 4.78 is 6.70. The zero-order chi connectivity index (χ0) is 14.3. The molecule has 2 aromatic rings. The van der Waals surface area contributed by atoms with Crippen LogP contribution in [0.3, 0.4) is 0 Å². The standard InChI is InChI=1S/C14H11BrCl2N2O/c1-7-12(17)18-13(8-2-3-8)19-14(7)20-11-5-4-9(15)6-10(11)16/h4-6,8H,2-3H2,1H3. The molecular weight excluding hydrogens is 363 g/mol. The van der Waals surface area contributed by atoms with Crippen LogP contribution in [0, 0.1) is 6.92 Å². The summed E-state index contributed by atoms with van der Waals surface area (Å²) in [6.45, 7) is 1.83. The molecule has 0 aliphatic heterocycles. The Bertz CT molecular complexity index is 674. The fourth-order valence-electron chi connectivity index (χ4n) is 1.77. The van der Waals surface area contributed by atoms with E-state index in [0.717, 1.165) is 28.7 Å².